The predicted octanol–water partition coefficient (Wildman–Crippen LogP) is 5.35. The van der Waals surface area contributed by atoms with Crippen LogP contribution in [0, 0.1) is 12.8 Å². The van der Waals surface area contributed by atoms with Crippen LogP contribution in [0.2, 0.25) is 0 Å². The zero-order valence-corrected chi connectivity index (χ0v) is 14.0. The lowest BCUT2D eigenvalue weighted by Gasteiger charge is -2.15. The first-order valence-electron chi connectivity index (χ1n) is 7.40. The molecule has 0 aliphatic heterocycles. The number of rotatable bonds is 6. The Balaban J connectivity index is 1.99. The van der Waals surface area contributed by atoms with Gasteiger partial charge in [0.2, 0.25) is 0 Å². The maximum absolute atomic E-state index is 3.67. The minimum Gasteiger partial charge on any atom is -0.0925 e. The maximum Gasteiger partial charge on any atom is 0.00660 e. The SMILES string of the molecule is CCc1ccc(CC(CBr)Cc2ccc(C)cc2)cc1. The first kappa shape index (κ1) is 15.3. The highest BCUT2D eigenvalue weighted by atomic mass is 79.9. The topological polar surface area (TPSA) is 0 Å². The van der Waals surface area contributed by atoms with Gasteiger partial charge in [-0.25, -0.2) is 0 Å². The van der Waals surface area contributed by atoms with Crippen molar-refractivity contribution in [3.63, 3.8) is 0 Å². The zero-order chi connectivity index (χ0) is 14.4. The van der Waals surface area contributed by atoms with Crippen LogP contribution in [0.3, 0.4) is 0 Å². The van der Waals surface area contributed by atoms with Crippen molar-refractivity contribution < 1.29 is 0 Å². The van der Waals surface area contributed by atoms with Crippen LogP contribution < -0.4 is 0 Å². The molecule has 0 nitrogen and oxygen atoms in total. The molecule has 1 heteroatoms. The Bertz CT molecular complexity index is 510. The second kappa shape index (κ2) is 7.64. The van der Waals surface area contributed by atoms with E-state index in [9.17, 15) is 0 Å². The molecule has 2 rings (SSSR count). The Kier molecular flexibility index (Phi) is 5.85. The second-order valence-electron chi connectivity index (χ2n) is 5.58. The molecule has 0 aromatic heterocycles. The number of hydrogen-bond donors (Lipinski definition) is 0. The molecule has 0 amide bonds. The van der Waals surface area contributed by atoms with Crippen molar-refractivity contribution in [1.29, 1.82) is 0 Å². The zero-order valence-electron chi connectivity index (χ0n) is 12.4. The average Bonchev–Trinajstić information content (AvgIpc) is 2.49. The molecule has 0 heterocycles. The Labute approximate surface area is 131 Å². The van der Waals surface area contributed by atoms with E-state index in [1.165, 1.54) is 22.3 Å². The molecular weight excluding hydrogens is 308 g/mol. The van der Waals surface area contributed by atoms with E-state index in [-0.39, 0.29) is 0 Å². The third kappa shape index (κ3) is 4.49. The van der Waals surface area contributed by atoms with Crippen molar-refractivity contribution >= 4 is 15.9 Å². The molecule has 2 aromatic rings. The summed E-state index contributed by atoms with van der Waals surface area (Å²) in [6.45, 7) is 4.34. The molecular formula is C19H23Br. The molecule has 20 heavy (non-hydrogen) atoms. The number of benzene rings is 2. The lowest BCUT2D eigenvalue weighted by Crippen LogP contribution is -2.10. The van der Waals surface area contributed by atoms with Gasteiger partial charge in [0.1, 0.15) is 0 Å². The average molecular weight is 331 g/mol. The largest absolute Gasteiger partial charge is 0.0925 e. The van der Waals surface area contributed by atoms with Gasteiger partial charge in [-0.05, 0) is 48.8 Å². The first-order valence-corrected chi connectivity index (χ1v) is 8.52. The van der Waals surface area contributed by atoms with Crippen molar-refractivity contribution in [3.05, 3.63) is 70.8 Å². The van der Waals surface area contributed by atoms with E-state index in [0.717, 1.165) is 24.6 Å². The van der Waals surface area contributed by atoms with Crippen molar-refractivity contribution in [1.82, 2.24) is 0 Å². The van der Waals surface area contributed by atoms with Crippen LogP contribution in [0.1, 0.15) is 29.2 Å². The molecule has 0 spiro atoms. The summed E-state index contributed by atoms with van der Waals surface area (Å²) < 4.78 is 0. The van der Waals surface area contributed by atoms with Gasteiger partial charge in [0.15, 0.2) is 0 Å². The highest BCUT2D eigenvalue weighted by Crippen LogP contribution is 2.18. The van der Waals surface area contributed by atoms with Gasteiger partial charge in [-0.2, -0.15) is 0 Å². The molecule has 0 saturated carbocycles. The second-order valence-corrected chi connectivity index (χ2v) is 6.23. The van der Waals surface area contributed by atoms with E-state index in [1.807, 2.05) is 0 Å². The van der Waals surface area contributed by atoms with Gasteiger partial charge in [-0.15, -0.1) is 0 Å². The first-order chi connectivity index (χ1) is 9.71. The van der Waals surface area contributed by atoms with Crippen LogP contribution in [-0.2, 0) is 19.3 Å². The standard InChI is InChI=1S/C19H23Br/c1-3-16-8-10-18(11-9-16)13-19(14-20)12-17-6-4-15(2)5-7-17/h4-11,19H,3,12-14H2,1-2H3. The summed E-state index contributed by atoms with van der Waals surface area (Å²) in [5.41, 5.74) is 5.63. The fraction of sp³-hybridized carbons (Fsp3) is 0.368. The third-order valence-corrected chi connectivity index (χ3v) is 4.73. The molecule has 0 N–H and O–H groups in total. The summed E-state index contributed by atoms with van der Waals surface area (Å²) >= 11 is 3.67. The van der Waals surface area contributed by atoms with E-state index in [2.05, 4.69) is 78.3 Å². The van der Waals surface area contributed by atoms with E-state index >= 15 is 0 Å². The van der Waals surface area contributed by atoms with Gasteiger partial charge >= 0.3 is 0 Å². The van der Waals surface area contributed by atoms with Crippen molar-refractivity contribution in [2.45, 2.75) is 33.1 Å². The lowest BCUT2D eigenvalue weighted by molar-refractivity contribution is 0.591. The molecule has 0 fully saturated rings. The molecule has 2 aromatic carbocycles. The summed E-state index contributed by atoms with van der Waals surface area (Å²) in [5, 5.41) is 1.05. The Morgan fingerprint density at radius 3 is 1.70 bits per heavy atom. The minimum absolute atomic E-state index is 0.658. The molecule has 0 aliphatic rings. The molecule has 1 atom stereocenters. The van der Waals surface area contributed by atoms with Crippen LogP contribution in [0.15, 0.2) is 48.5 Å². The number of aryl methyl sites for hydroxylation is 2. The van der Waals surface area contributed by atoms with E-state index in [4.69, 9.17) is 0 Å². The third-order valence-electron chi connectivity index (χ3n) is 3.82. The van der Waals surface area contributed by atoms with Crippen LogP contribution in [0.25, 0.3) is 0 Å². The van der Waals surface area contributed by atoms with Crippen molar-refractivity contribution in [2.24, 2.45) is 5.92 Å². The fourth-order valence-corrected chi connectivity index (χ4v) is 2.94. The smallest absolute Gasteiger partial charge is 0.00660 e. The summed E-state index contributed by atoms with van der Waals surface area (Å²) in [4.78, 5) is 0. The Hall–Kier alpha value is -1.08. The van der Waals surface area contributed by atoms with E-state index < -0.39 is 0 Å². The van der Waals surface area contributed by atoms with Gasteiger partial charge in [0.05, 0.1) is 0 Å². The number of hydrogen-bond acceptors (Lipinski definition) is 0. The van der Waals surface area contributed by atoms with E-state index in [0.29, 0.717) is 5.92 Å². The van der Waals surface area contributed by atoms with Crippen LogP contribution >= 0.6 is 15.9 Å². The molecule has 0 radical (unpaired) electrons. The van der Waals surface area contributed by atoms with Gasteiger partial charge in [0, 0.05) is 5.33 Å². The summed E-state index contributed by atoms with van der Waals surface area (Å²) in [6.07, 6.45) is 3.40. The van der Waals surface area contributed by atoms with Crippen molar-refractivity contribution in [2.75, 3.05) is 5.33 Å². The highest BCUT2D eigenvalue weighted by molar-refractivity contribution is 9.09. The Morgan fingerprint density at radius 1 is 0.800 bits per heavy atom. The van der Waals surface area contributed by atoms with Gasteiger partial charge in [-0.3, -0.25) is 0 Å². The van der Waals surface area contributed by atoms with Crippen LogP contribution in [0.4, 0.5) is 0 Å². The normalized spacial score (nSPS) is 12.3. The minimum atomic E-state index is 0.658. The predicted molar refractivity (Wildman–Crippen MR) is 91.7 cm³/mol. The Morgan fingerprint density at radius 2 is 1.25 bits per heavy atom. The summed E-state index contributed by atoms with van der Waals surface area (Å²) in [5.74, 6) is 0.658. The molecule has 106 valence electrons. The molecule has 0 aliphatic carbocycles. The lowest BCUT2D eigenvalue weighted by atomic mass is 9.93. The quantitative estimate of drug-likeness (QED) is 0.626. The van der Waals surface area contributed by atoms with E-state index in [1.54, 1.807) is 0 Å². The van der Waals surface area contributed by atoms with Gasteiger partial charge < -0.3 is 0 Å². The van der Waals surface area contributed by atoms with Crippen molar-refractivity contribution in [3.8, 4) is 0 Å². The monoisotopic (exact) mass is 330 g/mol. The highest BCUT2D eigenvalue weighted by Gasteiger charge is 2.09. The fourth-order valence-electron chi connectivity index (χ4n) is 2.48. The van der Waals surface area contributed by atoms with Gasteiger partial charge in [0.25, 0.3) is 0 Å². The maximum atomic E-state index is 3.67. The molecule has 0 bridgehead atoms. The molecule has 1 unspecified atom stereocenters. The summed E-state index contributed by atoms with van der Waals surface area (Å²) in [6, 6.07) is 18.0. The number of halogens is 1. The molecule has 0 saturated heterocycles. The van der Waals surface area contributed by atoms with Crippen LogP contribution in [0.5, 0.6) is 0 Å². The van der Waals surface area contributed by atoms with Crippen LogP contribution in [-0.4, -0.2) is 5.33 Å². The number of alkyl halides is 1. The summed E-state index contributed by atoms with van der Waals surface area (Å²) in [7, 11) is 0. The van der Waals surface area contributed by atoms with Gasteiger partial charge in [-0.1, -0.05) is 76.9 Å².